The molecule has 0 aliphatic heterocycles. The normalized spacial score (nSPS) is 13.5. The first-order chi connectivity index (χ1) is 9.01. The van der Waals surface area contributed by atoms with Gasteiger partial charge < -0.3 is 14.8 Å². The third-order valence-corrected chi connectivity index (χ3v) is 2.77. The van der Waals surface area contributed by atoms with E-state index in [1.807, 2.05) is 38.1 Å². The lowest BCUT2D eigenvalue weighted by atomic mass is 10.3. The maximum absolute atomic E-state index is 10.7. The highest BCUT2D eigenvalue weighted by Crippen LogP contribution is 2.20. The van der Waals surface area contributed by atoms with Gasteiger partial charge in [0, 0.05) is 0 Å². The van der Waals surface area contributed by atoms with E-state index in [9.17, 15) is 4.79 Å². The van der Waals surface area contributed by atoms with Gasteiger partial charge in [0.2, 0.25) is 0 Å². The molecule has 0 aromatic heterocycles. The number of rotatable bonds is 7. The van der Waals surface area contributed by atoms with Gasteiger partial charge >= 0.3 is 0 Å². The standard InChI is InChI=1S/C14H21NO3S/c1-4-10(2)17-12-5-7-13(8-6-12)18-11(3)9-15-14(16)19/h5-8,10-11H,4,9H2,1-3H3,(H2,15,16,19). The van der Waals surface area contributed by atoms with E-state index in [2.05, 4.69) is 24.9 Å². The largest absolute Gasteiger partial charge is 0.491 e. The molecular weight excluding hydrogens is 262 g/mol. The molecule has 0 aliphatic carbocycles. The Kier molecular flexibility index (Phi) is 6.56. The maximum atomic E-state index is 10.7. The van der Waals surface area contributed by atoms with Crippen molar-refractivity contribution in [2.45, 2.75) is 39.4 Å². The van der Waals surface area contributed by atoms with Gasteiger partial charge in [-0.1, -0.05) is 19.6 Å². The molecule has 0 saturated heterocycles. The molecule has 0 bridgehead atoms. The minimum Gasteiger partial charge on any atom is -0.491 e. The number of hydrogen-bond donors (Lipinski definition) is 2. The van der Waals surface area contributed by atoms with Crippen LogP contribution >= 0.6 is 12.6 Å². The van der Waals surface area contributed by atoms with Gasteiger partial charge in [-0.05, 0) is 44.5 Å². The zero-order valence-electron chi connectivity index (χ0n) is 11.6. The van der Waals surface area contributed by atoms with Gasteiger partial charge in [-0.3, -0.25) is 4.79 Å². The molecule has 0 aliphatic rings. The van der Waals surface area contributed by atoms with Crippen molar-refractivity contribution >= 4 is 17.9 Å². The first-order valence-corrected chi connectivity index (χ1v) is 6.86. The first kappa shape index (κ1) is 15.7. The number of carbonyl (C=O) groups excluding carboxylic acids is 1. The van der Waals surface area contributed by atoms with E-state index in [1.165, 1.54) is 0 Å². The summed E-state index contributed by atoms with van der Waals surface area (Å²) in [4.78, 5) is 10.7. The van der Waals surface area contributed by atoms with Crippen LogP contribution in [-0.4, -0.2) is 24.0 Å². The van der Waals surface area contributed by atoms with Gasteiger partial charge in [0.15, 0.2) is 0 Å². The van der Waals surface area contributed by atoms with E-state index < -0.39 is 0 Å². The van der Waals surface area contributed by atoms with Crippen molar-refractivity contribution in [2.24, 2.45) is 0 Å². The Balaban J connectivity index is 2.45. The summed E-state index contributed by atoms with van der Waals surface area (Å²) in [5, 5.41) is 2.23. The monoisotopic (exact) mass is 283 g/mol. The Morgan fingerprint density at radius 3 is 2.05 bits per heavy atom. The fraction of sp³-hybridized carbons (Fsp3) is 0.500. The van der Waals surface area contributed by atoms with Crippen molar-refractivity contribution in [1.29, 1.82) is 0 Å². The van der Waals surface area contributed by atoms with Crippen molar-refractivity contribution in [2.75, 3.05) is 6.54 Å². The minimum atomic E-state index is -0.354. The highest BCUT2D eigenvalue weighted by atomic mass is 32.1. The number of benzene rings is 1. The van der Waals surface area contributed by atoms with E-state index in [0.717, 1.165) is 17.9 Å². The molecule has 1 aromatic carbocycles. The molecule has 4 nitrogen and oxygen atoms in total. The van der Waals surface area contributed by atoms with Crippen LogP contribution in [0.2, 0.25) is 0 Å². The smallest absolute Gasteiger partial charge is 0.276 e. The molecule has 1 N–H and O–H groups in total. The van der Waals surface area contributed by atoms with Crippen molar-refractivity contribution in [1.82, 2.24) is 5.32 Å². The summed E-state index contributed by atoms with van der Waals surface area (Å²) in [6.07, 6.45) is 1.06. The molecule has 0 fully saturated rings. The van der Waals surface area contributed by atoms with Crippen LogP contribution in [0.5, 0.6) is 11.5 Å². The first-order valence-electron chi connectivity index (χ1n) is 6.41. The molecule has 0 heterocycles. The molecule has 106 valence electrons. The second-order valence-corrected chi connectivity index (χ2v) is 4.83. The molecule has 2 atom stereocenters. The fourth-order valence-electron chi connectivity index (χ4n) is 1.42. The summed E-state index contributed by atoms with van der Waals surface area (Å²) in [6.45, 7) is 6.42. The van der Waals surface area contributed by atoms with Crippen LogP contribution in [0.3, 0.4) is 0 Å². The number of thiol groups is 1. The number of hydrogen-bond acceptors (Lipinski definition) is 3. The van der Waals surface area contributed by atoms with Gasteiger partial charge in [-0.2, -0.15) is 0 Å². The number of nitrogens with one attached hydrogen (secondary N) is 1. The maximum Gasteiger partial charge on any atom is 0.276 e. The Morgan fingerprint density at radius 1 is 1.16 bits per heavy atom. The molecule has 0 saturated carbocycles. The summed E-state index contributed by atoms with van der Waals surface area (Å²) in [6, 6.07) is 7.48. The van der Waals surface area contributed by atoms with Gasteiger partial charge in [-0.25, -0.2) is 0 Å². The molecule has 5 heteroatoms. The van der Waals surface area contributed by atoms with Crippen LogP contribution in [0.4, 0.5) is 4.79 Å². The van der Waals surface area contributed by atoms with Crippen LogP contribution in [0.1, 0.15) is 27.2 Å². The summed E-state index contributed by atoms with van der Waals surface area (Å²) >= 11 is 3.63. The highest BCUT2D eigenvalue weighted by molar-refractivity contribution is 7.96. The van der Waals surface area contributed by atoms with Crippen LogP contribution in [0, 0.1) is 0 Å². The molecule has 0 spiro atoms. The van der Waals surface area contributed by atoms with Crippen molar-refractivity contribution in [3.63, 3.8) is 0 Å². The number of amides is 1. The summed E-state index contributed by atoms with van der Waals surface area (Å²) in [7, 11) is 0. The van der Waals surface area contributed by atoms with E-state index in [4.69, 9.17) is 9.47 Å². The topological polar surface area (TPSA) is 47.6 Å². The predicted octanol–water partition coefficient (Wildman–Crippen LogP) is 3.27. The lowest BCUT2D eigenvalue weighted by Crippen LogP contribution is -2.30. The predicted molar refractivity (Wildman–Crippen MR) is 79.3 cm³/mol. The second-order valence-electron chi connectivity index (χ2n) is 4.42. The highest BCUT2D eigenvalue weighted by Gasteiger charge is 2.06. The minimum absolute atomic E-state index is 0.113. The Morgan fingerprint density at radius 2 is 1.63 bits per heavy atom. The molecule has 1 rings (SSSR count). The van der Waals surface area contributed by atoms with Crippen molar-refractivity contribution < 1.29 is 14.3 Å². The van der Waals surface area contributed by atoms with E-state index in [1.54, 1.807) is 0 Å². The average molecular weight is 283 g/mol. The molecule has 1 amide bonds. The third-order valence-electron chi connectivity index (χ3n) is 2.61. The Labute approximate surface area is 119 Å². The van der Waals surface area contributed by atoms with Crippen LogP contribution < -0.4 is 14.8 Å². The summed E-state index contributed by atoms with van der Waals surface area (Å²) < 4.78 is 11.3. The molecule has 2 unspecified atom stereocenters. The van der Waals surface area contributed by atoms with E-state index in [0.29, 0.717) is 6.54 Å². The summed E-state index contributed by atoms with van der Waals surface area (Å²) in [5.41, 5.74) is 0. The number of ether oxygens (including phenoxy) is 2. The van der Waals surface area contributed by atoms with E-state index >= 15 is 0 Å². The van der Waals surface area contributed by atoms with Crippen molar-refractivity contribution in [3.05, 3.63) is 24.3 Å². The van der Waals surface area contributed by atoms with Crippen molar-refractivity contribution in [3.8, 4) is 11.5 Å². The van der Waals surface area contributed by atoms with Crippen LogP contribution in [0.25, 0.3) is 0 Å². The summed E-state index contributed by atoms with van der Waals surface area (Å²) in [5.74, 6) is 1.58. The third kappa shape index (κ3) is 6.38. The number of carbonyl (C=O) groups is 1. The Bertz CT molecular complexity index is 394. The van der Waals surface area contributed by atoms with Gasteiger partial charge in [-0.15, -0.1) is 0 Å². The quantitative estimate of drug-likeness (QED) is 0.755. The van der Waals surface area contributed by atoms with Gasteiger partial charge in [0.1, 0.15) is 17.6 Å². The van der Waals surface area contributed by atoms with Gasteiger partial charge in [0.25, 0.3) is 5.24 Å². The van der Waals surface area contributed by atoms with Crippen LogP contribution in [-0.2, 0) is 0 Å². The second kappa shape index (κ2) is 7.94. The molecule has 19 heavy (non-hydrogen) atoms. The van der Waals surface area contributed by atoms with Gasteiger partial charge in [0.05, 0.1) is 12.6 Å². The van der Waals surface area contributed by atoms with Crippen LogP contribution in [0.15, 0.2) is 24.3 Å². The lowest BCUT2D eigenvalue weighted by molar-refractivity contribution is 0.210. The average Bonchev–Trinajstić information content (AvgIpc) is 2.38. The molecule has 1 aromatic rings. The zero-order valence-corrected chi connectivity index (χ0v) is 12.4. The molecular formula is C14H21NO3S. The SMILES string of the molecule is CCC(C)Oc1ccc(OC(C)CNC(=O)S)cc1. The zero-order chi connectivity index (χ0) is 14.3. The lowest BCUT2D eigenvalue weighted by Gasteiger charge is -2.16. The molecule has 0 radical (unpaired) electrons. The Hall–Kier alpha value is -1.36. The van der Waals surface area contributed by atoms with E-state index in [-0.39, 0.29) is 17.4 Å². The fourth-order valence-corrected chi connectivity index (χ4v) is 1.51.